The van der Waals surface area contributed by atoms with Gasteiger partial charge in [-0.25, -0.2) is 14.7 Å². The third-order valence-electron chi connectivity index (χ3n) is 2.62. The molecule has 0 atom stereocenters. The molecule has 0 bridgehead atoms. The van der Waals surface area contributed by atoms with E-state index in [1.165, 1.54) is 7.11 Å². The number of esters is 1. The van der Waals surface area contributed by atoms with Gasteiger partial charge in [0.25, 0.3) is 5.91 Å². The summed E-state index contributed by atoms with van der Waals surface area (Å²) in [6.45, 7) is 6.95. The van der Waals surface area contributed by atoms with Gasteiger partial charge in [-0.3, -0.25) is 14.4 Å². The lowest BCUT2D eigenvalue weighted by Crippen LogP contribution is -2.33. The summed E-state index contributed by atoms with van der Waals surface area (Å²) in [6, 6.07) is 6.57. The van der Waals surface area contributed by atoms with Crippen molar-refractivity contribution in [3.05, 3.63) is 41.2 Å². The van der Waals surface area contributed by atoms with E-state index in [4.69, 9.17) is 11.4 Å². The standard InChI is InChI=1S/C14H14N2O5/c1-15-11-6-4-10(5-7-11)9-16(21-3)13(18)8-12(17)14(19)20-2/h4-7H,8-9H2,2-3H3. The molecule has 1 aromatic rings. The first-order valence-corrected chi connectivity index (χ1v) is 5.93. The molecule has 0 aliphatic carbocycles. The number of hydroxylamine groups is 2. The van der Waals surface area contributed by atoms with Gasteiger partial charge in [-0.05, 0) is 5.56 Å². The average molecular weight is 290 g/mol. The fourth-order valence-electron chi connectivity index (χ4n) is 1.51. The molecule has 7 nitrogen and oxygen atoms in total. The number of benzene rings is 1. The maximum Gasteiger partial charge on any atom is 0.374 e. The Labute approximate surface area is 121 Å². The molecule has 1 amide bonds. The molecule has 0 spiro atoms. The van der Waals surface area contributed by atoms with Crippen LogP contribution in [0.15, 0.2) is 24.3 Å². The first-order valence-electron chi connectivity index (χ1n) is 5.93. The van der Waals surface area contributed by atoms with Crippen molar-refractivity contribution in [1.29, 1.82) is 0 Å². The van der Waals surface area contributed by atoms with Gasteiger partial charge in [0.05, 0.1) is 33.8 Å². The highest BCUT2D eigenvalue weighted by molar-refractivity contribution is 6.36. The maximum absolute atomic E-state index is 11.9. The summed E-state index contributed by atoms with van der Waals surface area (Å²) in [5.74, 6) is -2.66. The Bertz CT molecular complexity index is 574. The van der Waals surface area contributed by atoms with Crippen molar-refractivity contribution in [2.24, 2.45) is 0 Å². The summed E-state index contributed by atoms with van der Waals surface area (Å²) in [6.07, 6.45) is -0.624. The molecule has 0 aliphatic rings. The molecule has 0 fully saturated rings. The van der Waals surface area contributed by atoms with Gasteiger partial charge in [0.15, 0.2) is 5.69 Å². The third-order valence-corrected chi connectivity index (χ3v) is 2.62. The zero-order chi connectivity index (χ0) is 15.8. The van der Waals surface area contributed by atoms with E-state index in [2.05, 4.69) is 9.58 Å². The van der Waals surface area contributed by atoms with Crippen LogP contribution in [0.25, 0.3) is 4.85 Å². The van der Waals surface area contributed by atoms with Crippen molar-refractivity contribution >= 4 is 23.3 Å². The molecular formula is C14H14N2O5. The molecule has 0 aliphatic heterocycles. The van der Waals surface area contributed by atoms with E-state index in [0.717, 1.165) is 17.7 Å². The highest BCUT2D eigenvalue weighted by atomic mass is 16.7. The molecule has 0 heterocycles. The van der Waals surface area contributed by atoms with Gasteiger partial charge in [-0.2, -0.15) is 0 Å². The minimum atomic E-state index is -1.07. The Hall–Kier alpha value is -2.72. The highest BCUT2D eigenvalue weighted by Crippen LogP contribution is 2.14. The summed E-state index contributed by atoms with van der Waals surface area (Å²) in [4.78, 5) is 42.3. The number of carbonyl (C=O) groups is 3. The molecule has 0 N–H and O–H groups in total. The summed E-state index contributed by atoms with van der Waals surface area (Å²) in [7, 11) is 2.35. The SMILES string of the molecule is [C-]#[N+]c1ccc(CN(OC)C(=O)CC(=O)C(=O)OC)cc1. The Morgan fingerprint density at radius 1 is 1.19 bits per heavy atom. The number of ether oxygens (including phenoxy) is 1. The fraction of sp³-hybridized carbons (Fsp3) is 0.286. The van der Waals surface area contributed by atoms with Crippen LogP contribution in [0.2, 0.25) is 0 Å². The smallest absolute Gasteiger partial charge is 0.374 e. The van der Waals surface area contributed by atoms with Gasteiger partial charge in [-0.15, -0.1) is 0 Å². The molecular weight excluding hydrogens is 276 g/mol. The van der Waals surface area contributed by atoms with Gasteiger partial charge < -0.3 is 4.74 Å². The van der Waals surface area contributed by atoms with E-state index in [1.807, 2.05) is 0 Å². The summed E-state index contributed by atoms with van der Waals surface area (Å²) >= 11 is 0. The number of rotatable bonds is 6. The quantitative estimate of drug-likeness (QED) is 0.259. The first kappa shape index (κ1) is 16.3. The minimum absolute atomic E-state index is 0.0993. The average Bonchev–Trinajstić information content (AvgIpc) is 2.51. The van der Waals surface area contributed by atoms with Crippen molar-refractivity contribution in [3.8, 4) is 0 Å². The van der Waals surface area contributed by atoms with Crippen LogP contribution in [0, 0.1) is 6.57 Å². The van der Waals surface area contributed by atoms with Crippen LogP contribution in [0.1, 0.15) is 12.0 Å². The number of hydrogen-bond acceptors (Lipinski definition) is 5. The van der Waals surface area contributed by atoms with Gasteiger partial charge in [0.2, 0.25) is 5.78 Å². The van der Waals surface area contributed by atoms with E-state index in [1.54, 1.807) is 24.3 Å². The Morgan fingerprint density at radius 2 is 1.81 bits per heavy atom. The monoisotopic (exact) mass is 290 g/mol. The van der Waals surface area contributed by atoms with E-state index < -0.39 is 24.1 Å². The van der Waals surface area contributed by atoms with Crippen LogP contribution < -0.4 is 0 Å². The van der Waals surface area contributed by atoms with Crippen LogP contribution in [0.4, 0.5) is 5.69 Å². The maximum atomic E-state index is 11.9. The van der Waals surface area contributed by atoms with Crippen molar-refractivity contribution in [3.63, 3.8) is 0 Å². The summed E-state index contributed by atoms with van der Waals surface area (Å²) in [5.41, 5.74) is 1.21. The van der Waals surface area contributed by atoms with Crippen LogP contribution in [0.3, 0.4) is 0 Å². The van der Waals surface area contributed by atoms with Crippen molar-refractivity contribution in [2.45, 2.75) is 13.0 Å². The molecule has 1 aromatic carbocycles. The van der Waals surface area contributed by atoms with Gasteiger partial charge >= 0.3 is 5.97 Å². The second-order valence-electron chi connectivity index (χ2n) is 3.98. The predicted octanol–water partition coefficient (Wildman–Crippen LogP) is 1.26. The topological polar surface area (TPSA) is 77.3 Å². The lowest BCUT2D eigenvalue weighted by Gasteiger charge is -2.19. The zero-order valence-electron chi connectivity index (χ0n) is 11.7. The van der Waals surface area contributed by atoms with Crippen LogP contribution in [-0.2, 0) is 30.5 Å². The molecule has 0 aromatic heterocycles. The number of hydrogen-bond donors (Lipinski definition) is 0. The lowest BCUT2D eigenvalue weighted by atomic mass is 10.2. The largest absolute Gasteiger partial charge is 0.463 e. The Kier molecular flexibility index (Phi) is 6.04. The zero-order valence-corrected chi connectivity index (χ0v) is 11.7. The molecule has 1 rings (SSSR count). The molecule has 21 heavy (non-hydrogen) atoms. The van der Waals surface area contributed by atoms with E-state index in [-0.39, 0.29) is 6.54 Å². The van der Waals surface area contributed by atoms with Gasteiger partial charge in [0.1, 0.15) is 0 Å². The van der Waals surface area contributed by atoms with Crippen LogP contribution in [0.5, 0.6) is 0 Å². The van der Waals surface area contributed by atoms with E-state index in [0.29, 0.717) is 5.69 Å². The molecule has 0 radical (unpaired) electrons. The van der Waals surface area contributed by atoms with Crippen molar-refractivity contribution < 1.29 is 24.0 Å². The number of Topliss-reactive ketones (excluding diaryl/α,β-unsaturated/α-hetero) is 1. The number of nitrogens with zero attached hydrogens (tertiary/aromatic N) is 2. The van der Waals surface area contributed by atoms with Crippen molar-refractivity contribution in [2.75, 3.05) is 14.2 Å². The van der Waals surface area contributed by atoms with E-state index in [9.17, 15) is 14.4 Å². The predicted molar refractivity (Wildman–Crippen MR) is 71.9 cm³/mol. The highest BCUT2D eigenvalue weighted by Gasteiger charge is 2.22. The minimum Gasteiger partial charge on any atom is -0.463 e. The number of methoxy groups -OCH3 is 1. The number of amides is 1. The fourth-order valence-corrected chi connectivity index (χ4v) is 1.51. The van der Waals surface area contributed by atoms with Crippen LogP contribution in [-0.4, -0.2) is 36.9 Å². The third kappa shape index (κ3) is 4.71. The summed E-state index contributed by atoms with van der Waals surface area (Å²) in [5, 5.41) is 0.966. The number of carbonyl (C=O) groups excluding carboxylic acids is 3. The first-order chi connectivity index (χ1) is 10.0. The number of ketones is 1. The molecule has 0 saturated carbocycles. The Balaban J connectivity index is 2.69. The van der Waals surface area contributed by atoms with Crippen molar-refractivity contribution in [1.82, 2.24) is 5.06 Å². The van der Waals surface area contributed by atoms with Gasteiger partial charge in [-0.1, -0.05) is 24.3 Å². The van der Waals surface area contributed by atoms with Gasteiger partial charge in [0, 0.05) is 0 Å². The second-order valence-corrected chi connectivity index (χ2v) is 3.98. The lowest BCUT2D eigenvalue weighted by molar-refractivity contribution is -0.180. The van der Waals surface area contributed by atoms with Crippen LogP contribution >= 0.6 is 0 Å². The molecule has 110 valence electrons. The molecule has 7 heteroatoms. The molecule has 0 unspecified atom stereocenters. The summed E-state index contributed by atoms with van der Waals surface area (Å²) < 4.78 is 4.24. The second kappa shape index (κ2) is 7.77. The van der Waals surface area contributed by atoms with E-state index >= 15 is 0 Å². The Morgan fingerprint density at radius 3 is 2.29 bits per heavy atom. The molecule has 0 saturated heterocycles. The normalized spacial score (nSPS) is 9.57.